The fourth-order valence-electron chi connectivity index (χ4n) is 0.424. The van der Waals surface area contributed by atoms with Gasteiger partial charge >= 0.3 is 0 Å². The normalized spacial score (nSPS) is 12.0. The summed E-state index contributed by atoms with van der Waals surface area (Å²) >= 11 is 0. The van der Waals surface area contributed by atoms with Gasteiger partial charge in [-0.2, -0.15) is 0 Å². The molecular weight excluding hydrogens is 116 g/mol. The molecule has 0 atom stereocenters. The molecule has 0 spiro atoms. The van der Waals surface area contributed by atoms with Crippen LogP contribution in [0.5, 0.6) is 0 Å². The SMILES string of the molecule is CCCOC(C)(C)CO. The molecule has 0 saturated carbocycles. The third-order valence-corrected chi connectivity index (χ3v) is 1.08. The molecule has 0 amide bonds. The van der Waals surface area contributed by atoms with E-state index in [0.29, 0.717) is 0 Å². The van der Waals surface area contributed by atoms with Gasteiger partial charge in [-0.05, 0) is 20.3 Å². The molecule has 0 rings (SSSR count). The summed E-state index contributed by atoms with van der Waals surface area (Å²) in [5.41, 5.74) is -0.351. The highest BCUT2D eigenvalue weighted by atomic mass is 16.5. The van der Waals surface area contributed by atoms with Crippen LogP contribution in [-0.2, 0) is 4.74 Å². The van der Waals surface area contributed by atoms with Gasteiger partial charge in [0.25, 0.3) is 0 Å². The van der Waals surface area contributed by atoms with E-state index in [1.165, 1.54) is 0 Å². The molecule has 0 aromatic rings. The van der Waals surface area contributed by atoms with Crippen molar-refractivity contribution in [2.75, 3.05) is 13.2 Å². The number of rotatable bonds is 4. The molecule has 0 radical (unpaired) electrons. The van der Waals surface area contributed by atoms with Crippen LogP contribution in [0, 0.1) is 0 Å². The van der Waals surface area contributed by atoms with Crippen LogP contribution in [0.3, 0.4) is 0 Å². The molecule has 2 nitrogen and oxygen atoms in total. The van der Waals surface area contributed by atoms with Crippen LogP contribution >= 0.6 is 0 Å². The molecule has 1 N–H and O–H groups in total. The van der Waals surface area contributed by atoms with Crippen molar-refractivity contribution in [2.24, 2.45) is 0 Å². The molecule has 0 heterocycles. The maximum absolute atomic E-state index is 8.70. The van der Waals surface area contributed by atoms with Gasteiger partial charge in [0.2, 0.25) is 0 Å². The van der Waals surface area contributed by atoms with E-state index >= 15 is 0 Å². The monoisotopic (exact) mass is 132 g/mol. The molecule has 0 unspecified atom stereocenters. The van der Waals surface area contributed by atoms with Crippen molar-refractivity contribution in [3.63, 3.8) is 0 Å². The zero-order valence-corrected chi connectivity index (χ0v) is 6.48. The first-order chi connectivity index (χ1) is 4.12. The van der Waals surface area contributed by atoms with E-state index in [4.69, 9.17) is 9.84 Å². The lowest BCUT2D eigenvalue weighted by atomic mass is 10.1. The summed E-state index contributed by atoms with van der Waals surface area (Å²) in [6, 6.07) is 0. The topological polar surface area (TPSA) is 29.5 Å². The molecule has 2 heteroatoms. The van der Waals surface area contributed by atoms with E-state index < -0.39 is 0 Å². The maximum atomic E-state index is 8.70. The van der Waals surface area contributed by atoms with E-state index in [2.05, 4.69) is 0 Å². The van der Waals surface area contributed by atoms with Gasteiger partial charge in [-0.15, -0.1) is 0 Å². The largest absolute Gasteiger partial charge is 0.393 e. The molecule has 0 aromatic heterocycles. The quantitative estimate of drug-likeness (QED) is 0.622. The Kier molecular flexibility index (Phi) is 3.82. The average molecular weight is 132 g/mol. The van der Waals surface area contributed by atoms with Crippen LogP contribution < -0.4 is 0 Å². The molecule has 0 aliphatic rings. The third kappa shape index (κ3) is 4.43. The van der Waals surface area contributed by atoms with Crippen LogP contribution in [0.4, 0.5) is 0 Å². The summed E-state index contributed by atoms with van der Waals surface area (Å²) in [4.78, 5) is 0. The second-order valence-electron chi connectivity index (χ2n) is 2.77. The maximum Gasteiger partial charge on any atom is 0.0856 e. The average Bonchev–Trinajstić information content (AvgIpc) is 1.84. The van der Waals surface area contributed by atoms with E-state index in [1.807, 2.05) is 20.8 Å². The Morgan fingerprint density at radius 3 is 2.33 bits per heavy atom. The van der Waals surface area contributed by atoms with Gasteiger partial charge in [-0.25, -0.2) is 0 Å². The Labute approximate surface area is 56.8 Å². The zero-order chi connectivity index (χ0) is 7.33. The van der Waals surface area contributed by atoms with Crippen molar-refractivity contribution >= 4 is 0 Å². The van der Waals surface area contributed by atoms with Gasteiger partial charge in [0.05, 0.1) is 12.2 Å². The molecule has 0 fully saturated rings. The predicted molar refractivity (Wildman–Crippen MR) is 37.4 cm³/mol. The van der Waals surface area contributed by atoms with Gasteiger partial charge in [0.1, 0.15) is 0 Å². The Morgan fingerprint density at radius 1 is 1.44 bits per heavy atom. The summed E-state index contributed by atoms with van der Waals surface area (Å²) in [6.45, 7) is 6.62. The van der Waals surface area contributed by atoms with Crippen molar-refractivity contribution in [3.8, 4) is 0 Å². The van der Waals surface area contributed by atoms with Crippen LogP contribution in [0.2, 0.25) is 0 Å². The predicted octanol–water partition coefficient (Wildman–Crippen LogP) is 1.18. The Bertz CT molecular complexity index is 69.3. The highest BCUT2D eigenvalue weighted by molar-refractivity contribution is 4.64. The summed E-state index contributed by atoms with van der Waals surface area (Å²) in [7, 11) is 0. The third-order valence-electron chi connectivity index (χ3n) is 1.08. The Hall–Kier alpha value is -0.0800. The van der Waals surface area contributed by atoms with Gasteiger partial charge in [-0.3, -0.25) is 0 Å². The van der Waals surface area contributed by atoms with Crippen LogP contribution in [0.15, 0.2) is 0 Å². The lowest BCUT2D eigenvalue weighted by molar-refractivity contribution is -0.0531. The highest BCUT2D eigenvalue weighted by Gasteiger charge is 2.15. The number of hydrogen-bond donors (Lipinski definition) is 1. The number of aliphatic hydroxyl groups is 1. The first kappa shape index (κ1) is 8.92. The molecule has 9 heavy (non-hydrogen) atoms. The van der Waals surface area contributed by atoms with Crippen molar-refractivity contribution in [1.82, 2.24) is 0 Å². The fraction of sp³-hybridized carbons (Fsp3) is 1.00. The number of aliphatic hydroxyl groups excluding tert-OH is 1. The lowest BCUT2D eigenvalue weighted by Crippen LogP contribution is -2.29. The molecule has 0 aliphatic heterocycles. The fourth-order valence-corrected chi connectivity index (χ4v) is 0.424. The zero-order valence-electron chi connectivity index (χ0n) is 6.48. The summed E-state index contributed by atoms with van der Waals surface area (Å²) in [5.74, 6) is 0. The van der Waals surface area contributed by atoms with Crippen LogP contribution in [0.1, 0.15) is 27.2 Å². The van der Waals surface area contributed by atoms with E-state index in [9.17, 15) is 0 Å². The minimum atomic E-state index is -0.351. The summed E-state index contributed by atoms with van der Waals surface area (Å²) in [5, 5.41) is 8.70. The number of hydrogen-bond acceptors (Lipinski definition) is 2. The molecule has 0 aliphatic carbocycles. The van der Waals surface area contributed by atoms with Crippen molar-refractivity contribution in [1.29, 1.82) is 0 Å². The van der Waals surface area contributed by atoms with E-state index in [1.54, 1.807) is 0 Å². The van der Waals surface area contributed by atoms with Crippen LogP contribution in [-0.4, -0.2) is 23.9 Å². The standard InChI is InChI=1S/C7H16O2/c1-4-5-9-7(2,3)6-8/h8H,4-6H2,1-3H3. The van der Waals surface area contributed by atoms with Crippen molar-refractivity contribution in [2.45, 2.75) is 32.8 Å². The molecular formula is C7H16O2. The number of ether oxygens (including phenoxy) is 1. The van der Waals surface area contributed by atoms with Gasteiger partial charge in [0, 0.05) is 6.61 Å². The second-order valence-corrected chi connectivity index (χ2v) is 2.77. The Morgan fingerprint density at radius 2 is 2.00 bits per heavy atom. The summed E-state index contributed by atoms with van der Waals surface area (Å²) in [6.07, 6.45) is 1.00. The van der Waals surface area contributed by atoms with Gasteiger partial charge in [0.15, 0.2) is 0 Å². The summed E-state index contributed by atoms with van der Waals surface area (Å²) < 4.78 is 5.28. The van der Waals surface area contributed by atoms with Crippen molar-refractivity contribution in [3.05, 3.63) is 0 Å². The first-order valence-corrected chi connectivity index (χ1v) is 3.37. The minimum absolute atomic E-state index is 0.0903. The molecule has 0 bridgehead atoms. The molecule has 0 saturated heterocycles. The van der Waals surface area contributed by atoms with E-state index in [0.717, 1.165) is 13.0 Å². The smallest absolute Gasteiger partial charge is 0.0856 e. The van der Waals surface area contributed by atoms with Gasteiger partial charge in [-0.1, -0.05) is 6.92 Å². The molecule has 56 valence electrons. The van der Waals surface area contributed by atoms with Gasteiger partial charge < -0.3 is 9.84 Å². The Balaban J connectivity index is 3.33. The first-order valence-electron chi connectivity index (χ1n) is 3.37. The van der Waals surface area contributed by atoms with E-state index in [-0.39, 0.29) is 12.2 Å². The minimum Gasteiger partial charge on any atom is -0.393 e. The van der Waals surface area contributed by atoms with Crippen molar-refractivity contribution < 1.29 is 9.84 Å². The van der Waals surface area contributed by atoms with Crippen LogP contribution in [0.25, 0.3) is 0 Å². The lowest BCUT2D eigenvalue weighted by Gasteiger charge is -2.21. The molecule has 0 aromatic carbocycles. The second kappa shape index (κ2) is 3.85. The highest BCUT2D eigenvalue weighted by Crippen LogP contribution is 2.06.